The van der Waals surface area contributed by atoms with Gasteiger partial charge in [0.25, 0.3) is 5.69 Å². The number of guanidine groups is 1. The molecule has 2 aromatic rings. The highest BCUT2D eigenvalue weighted by atomic mass is 127. The van der Waals surface area contributed by atoms with Crippen molar-refractivity contribution in [1.82, 2.24) is 0 Å². The third-order valence-corrected chi connectivity index (χ3v) is 3.67. The molecule has 0 aliphatic carbocycles. The lowest BCUT2D eigenvalue weighted by Gasteiger charge is -2.10. The molecule has 0 saturated carbocycles. The number of rotatable bonds is 8. The van der Waals surface area contributed by atoms with Gasteiger partial charge in [0, 0.05) is 18.7 Å². The Labute approximate surface area is 169 Å². The van der Waals surface area contributed by atoms with E-state index in [2.05, 4.69) is 10.3 Å². The van der Waals surface area contributed by atoms with E-state index in [1.165, 1.54) is 12.1 Å². The van der Waals surface area contributed by atoms with E-state index in [-0.39, 0.29) is 29.7 Å². The Hall–Kier alpha value is -2.36. The van der Waals surface area contributed by atoms with Crippen LogP contribution in [0.2, 0.25) is 0 Å². The number of hydrogen-bond acceptors (Lipinski definition) is 4. The molecule has 0 heterocycles. The highest BCUT2D eigenvalue weighted by Gasteiger charge is 2.04. The van der Waals surface area contributed by atoms with Crippen molar-refractivity contribution in [3.05, 3.63) is 64.2 Å². The van der Waals surface area contributed by atoms with E-state index in [9.17, 15) is 10.1 Å². The van der Waals surface area contributed by atoms with E-state index in [0.29, 0.717) is 18.3 Å². The summed E-state index contributed by atoms with van der Waals surface area (Å²) in [6, 6.07) is 14.1. The van der Waals surface area contributed by atoms with Crippen LogP contribution in [-0.2, 0) is 6.42 Å². The van der Waals surface area contributed by atoms with Crippen molar-refractivity contribution in [2.24, 2.45) is 10.7 Å². The molecule has 0 aliphatic rings. The summed E-state index contributed by atoms with van der Waals surface area (Å²) < 4.78 is 5.25. The molecule has 0 unspecified atom stereocenters. The molecule has 7 nitrogen and oxygen atoms in total. The van der Waals surface area contributed by atoms with Crippen molar-refractivity contribution in [3.8, 4) is 5.75 Å². The van der Waals surface area contributed by atoms with Gasteiger partial charge >= 0.3 is 0 Å². The highest BCUT2D eigenvalue weighted by Crippen LogP contribution is 2.22. The van der Waals surface area contributed by atoms with Gasteiger partial charge in [-0.05, 0) is 37.0 Å². The van der Waals surface area contributed by atoms with Crippen LogP contribution in [0.5, 0.6) is 5.75 Å². The van der Waals surface area contributed by atoms with E-state index in [0.717, 1.165) is 30.5 Å². The lowest BCUT2D eigenvalue weighted by atomic mass is 10.1. The smallest absolute Gasteiger partial charge is 0.269 e. The number of benzene rings is 2. The molecule has 0 bridgehead atoms. The Morgan fingerprint density at radius 3 is 2.54 bits per heavy atom. The Morgan fingerprint density at radius 1 is 1.19 bits per heavy atom. The third-order valence-electron chi connectivity index (χ3n) is 3.67. The first kappa shape index (κ1) is 21.7. The lowest BCUT2D eigenvalue weighted by Crippen LogP contribution is -2.23. The summed E-state index contributed by atoms with van der Waals surface area (Å²) in [7, 11) is 1.60. The maximum Gasteiger partial charge on any atom is 0.269 e. The Kier molecular flexibility index (Phi) is 9.42. The Morgan fingerprint density at radius 2 is 1.88 bits per heavy atom. The molecule has 0 fully saturated rings. The molecule has 0 atom stereocenters. The standard InChI is InChI=1S/C18H22N4O3.HI/c1-25-17-8-3-2-7-16(17)21-18(19)20-13-5-4-6-14-9-11-15(12-10-14)22(23)24;/h2-3,7-12H,4-6,13H2,1H3,(H3,19,20,21);1H. The monoisotopic (exact) mass is 470 g/mol. The van der Waals surface area contributed by atoms with Crippen LogP contribution < -0.4 is 15.8 Å². The normalized spacial score (nSPS) is 10.7. The first-order chi connectivity index (χ1) is 12.1. The van der Waals surface area contributed by atoms with Gasteiger partial charge in [-0.1, -0.05) is 24.3 Å². The van der Waals surface area contributed by atoms with Crippen LogP contribution in [0.1, 0.15) is 18.4 Å². The van der Waals surface area contributed by atoms with Crippen LogP contribution in [0.15, 0.2) is 53.5 Å². The average Bonchev–Trinajstić information content (AvgIpc) is 2.62. The molecule has 26 heavy (non-hydrogen) atoms. The number of unbranched alkanes of at least 4 members (excludes halogenated alkanes) is 1. The summed E-state index contributed by atoms with van der Waals surface area (Å²) in [6.07, 6.45) is 2.67. The van der Waals surface area contributed by atoms with E-state index in [1.54, 1.807) is 19.2 Å². The number of anilines is 1. The number of nitro groups is 1. The number of non-ortho nitro benzene ring substituents is 1. The van der Waals surface area contributed by atoms with Gasteiger partial charge in [0.15, 0.2) is 5.96 Å². The molecule has 3 N–H and O–H groups in total. The average molecular weight is 470 g/mol. The van der Waals surface area contributed by atoms with Crippen molar-refractivity contribution in [2.75, 3.05) is 19.0 Å². The number of methoxy groups -OCH3 is 1. The Balaban J connectivity index is 0.00000338. The van der Waals surface area contributed by atoms with Crippen LogP contribution in [-0.4, -0.2) is 24.5 Å². The highest BCUT2D eigenvalue weighted by molar-refractivity contribution is 14.0. The molecule has 0 radical (unpaired) electrons. The third kappa shape index (κ3) is 6.87. The minimum Gasteiger partial charge on any atom is -0.495 e. The molecule has 0 aliphatic heterocycles. The molecule has 140 valence electrons. The number of nitro benzene ring substituents is 1. The minimum atomic E-state index is -0.393. The Bertz CT molecular complexity index is 735. The second kappa shape index (κ2) is 11.3. The van der Waals surface area contributed by atoms with Crippen LogP contribution in [0.3, 0.4) is 0 Å². The fourth-order valence-electron chi connectivity index (χ4n) is 2.35. The molecule has 2 aromatic carbocycles. The minimum absolute atomic E-state index is 0. The fraction of sp³-hybridized carbons (Fsp3) is 0.278. The summed E-state index contributed by atoms with van der Waals surface area (Å²) in [5.41, 5.74) is 7.86. The van der Waals surface area contributed by atoms with Crippen molar-refractivity contribution < 1.29 is 9.66 Å². The van der Waals surface area contributed by atoms with E-state index in [4.69, 9.17) is 10.5 Å². The number of aryl methyl sites for hydroxylation is 1. The van der Waals surface area contributed by atoms with Gasteiger partial charge in [-0.2, -0.15) is 0 Å². The molecule has 8 heteroatoms. The molecular formula is C18H23IN4O3. The zero-order valence-electron chi connectivity index (χ0n) is 14.6. The van der Waals surface area contributed by atoms with Gasteiger partial charge in [-0.15, -0.1) is 24.0 Å². The first-order valence-electron chi connectivity index (χ1n) is 8.03. The predicted molar refractivity (Wildman–Crippen MR) is 115 cm³/mol. The first-order valence-corrected chi connectivity index (χ1v) is 8.03. The zero-order chi connectivity index (χ0) is 18.1. The second-order valence-corrected chi connectivity index (χ2v) is 5.47. The lowest BCUT2D eigenvalue weighted by molar-refractivity contribution is -0.384. The summed E-state index contributed by atoms with van der Waals surface area (Å²) >= 11 is 0. The van der Waals surface area contributed by atoms with Crippen molar-refractivity contribution >= 4 is 41.3 Å². The topological polar surface area (TPSA) is 103 Å². The fourth-order valence-corrected chi connectivity index (χ4v) is 2.35. The van der Waals surface area contributed by atoms with Crippen molar-refractivity contribution in [1.29, 1.82) is 0 Å². The summed E-state index contributed by atoms with van der Waals surface area (Å²) in [5, 5.41) is 13.6. The van der Waals surface area contributed by atoms with Gasteiger partial charge in [-0.25, -0.2) is 0 Å². The number of nitrogens with two attached hydrogens (primary N) is 1. The summed E-state index contributed by atoms with van der Waals surface area (Å²) in [6.45, 7) is 0.612. The van der Waals surface area contributed by atoms with E-state index in [1.807, 2.05) is 24.3 Å². The predicted octanol–water partition coefficient (Wildman–Crippen LogP) is 3.97. The molecule has 2 rings (SSSR count). The largest absolute Gasteiger partial charge is 0.495 e. The maximum atomic E-state index is 10.6. The quantitative estimate of drug-likeness (QED) is 0.152. The molecule has 0 aromatic heterocycles. The van der Waals surface area contributed by atoms with Crippen LogP contribution >= 0.6 is 24.0 Å². The van der Waals surface area contributed by atoms with Crippen LogP contribution in [0.25, 0.3) is 0 Å². The van der Waals surface area contributed by atoms with Gasteiger partial charge in [0.1, 0.15) is 5.75 Å². The van der Waals surface area contributed by atoms with Crippen LogP contribution in [0, 0.1) is 10.1 Å². The number of nitrogens with zero attached hydrogens (tertiary/aromatic N) is 2. The molecular weight excluding hydrogens is 447 g/mol. The van der Waals surface area contributed by atoms with Gasteiger partial charge in [0.2, 0.25) is 0 Å². The number of hydrogen-bond donors (Lipinski definition) is 2. The van der Waals surface area contributed by atoms with E-state index < -0.39 is 4.92 Å². The number of para-hydroxylation sites is 2. The number of ether oxygens (including phenoxy) is 1. The summed E-state index contributed by atoms with van der Waals surface area (Å²) in [5.74, 6) is 1.05. The molecule has 0 saturated heterocycles. The van der Waals surface area contributed by atoms with Gasteiger partial charge in [0.05, 0.1) is 17.7 Å². The second-order valence-electron chi connectivity index (χ2n) is 5.47. The summed E-state index contributed by atoms with van der Waals surface area (Å²) in [4.78, 5) is 14.5. The van der Waals surface area contributed by atoms with Crippen molar-refractivity contribution in [3.63, 3.8) is 0 Å². The van der Waals surface area contributed by atoms with E-state index >= 15 is 0 Å². The zero-order valence-corrected chi connectivity index (χ0v) is 16.9. The number of nitrogens with one attached hydrogen (secondary N) is 1. The van der Waals surface area contributed by atoms with Crippen LogP contribution in [0.4, 0.5) is 11.4 Å². The van der Waals surface area contributed by atoms with Crippen molar-refractivity contribution in [2.45, 2.75) is 19.3 Å². The molecule has 0 amide bonds. The number of aliphatic imine (C=N–C) groups is 1. The maximum absolute atomic E-state index is 10.6. The SMILES string of the molecule is COc1ccccc1NC(N)=NCCCCc1ccc([N+](=O)[O-])cc1.I. The molecule has 0 spiro atoms. The van der Waals surface area contributed by atoms with Gasteiger partial charge in [-0.3, -0.25) is 15.1 Å². The van der Waals surface area contributed by atoms with Gasteiger partial charge < -0.3 is 15.8 Å². The number of halogens is 1.